The van der Waals surface area contributed by atoms with Gasteiger partial charge in [0.1, 0.15) is 5.82 Å². The summed E-state index contributed by atoms with van der Waals surface area (Å²) in [6, 6.07) is 9.53. The maximum atomic E-state index is 11.9. The lowest BCUT2D eigenvalue weighted by molar-refractivity contribution is 0.200. The monoisotopic (exact) mass is 338 g/mol. The van der Waals surface area contributed by atoms with Crippen LogP contribution in [0.25, 0.3) is 10.9 Å². The minimum atomic E-state index is -0.0760. The number of para-hydroxylation sites is 1. The molecule has 0 saturated carbocycles. The van der Waals surface area contributed by atoms with Crippen LogP contribution in [0, 0.1) is 0 Å². The van der Waals surface area contributed by atoms with Gasteiger partial charge in [-0.1, -0.05) is 18.2 Å². The summed E-state index contributed by atoms with van der Waals surface area (Å²) < 4.78 is 5.04. The van der Waals surface area contributed by atoms with E-state index in [2.05, 4.69) is 19.9 Å². The average molecular weight is 338 g/mol. The summed E-state index contributed by atoms with van der Waals surface area (Å²) in [5, 5.41) is 1.07. The third-order valence-corrected chi connectivity index (χ3v) is 4.02. The number of aromatic amines is 1. The number of hydrogen-bond donors (Lipinski definition) is 1. The number of nitrogens with one attached hydrogen (secondary N) is 1. The molecular weight excluding hydrogens is 316 g/mol. The third kappa shape index (κ3) is 4.49. The summed E-state index contributed by atoms with van der Waals surface area (Å²) in [6.07, 6.45) is 4.42. The van der Waals surface area contributed by atoms with Gasteiger partial charge in [0.15, 0.2) is 0 Å². The van der Waals surface area contributed by atoms with E-state index in [1.54, 1.807) is 13.2 Å². The van der Waals surface area contributed by atoms with E-state index in [1.807, 2.05) is 43.7 Å². The lowest BCUT2D eigenvalue weighted by atomic mass is 10.1. The third-order valence-electron chi connectivity index (χ3n) is 4.02. The molecule has 3 aromatic rings. The standard InChI is InChI=1S/C19H22N4O2/c1-23(12-14-10-20-18(21-11-14)7-8-25-2)13-15-9-19(24)22-17-6-4-3-5-16(15)17/h3-6,9-11H,7-8,12-13H2,1-2H3,(H,22,24). The van der Waals surface area contributed by atoms with Crippen molar-refractivity contribution in [2.45, 2.75) is 19.5 Å². The van der Waals surface area contributed by atoms with Crippen molar-refractivity contribution >= 4 is 10.9 Å². The summed E-state index contributed by atoms with van der Waals surface area (Å²) in [5.41, 5.74) is 2.84. The van der Waals surface area contributed by atoms with Gasteiger partial charge in [-0.05, 0) is 18.7 Å². The lowest BCUT2D eigenvalue weighted by Gasteiger charge is -2.17. The van der Waals surface area contributed by atoms with Crippen LogP contribution in [0.15, 0.2) is 47.5 Å². The largest absolute Gasteiger partial charge is 0.384 e. The summed E-state index contributed by atoms with van der Waals surface area (Å²) in [4.78, 5) is 25.6. The maximum absolute atomic E-state index is 11.9. The van der Waals surface area contributed by atoms with Crippen molar-refractivity contribution in [3.63, 3.8) is 0 Å². The predicted octanol–water partition coefficient (Wildman–Crippen LogP) is 2.14. The number of hydrogen-bond acceptors (Lipinski definition) is 5. The van der Waals surface area contributed by atoms with Gasteiger partial charge in [-0.2, -0.15) is 0 Å². The van der Waals surface area contributed by atoms with Crippen molar-refractivity contribution in [3.8, 4) is 0 Å². The Labute approximate surface area is 146 Å². The second-order valence-electron chi connectivity index (χ2n) is 6.13. The molecule has 2 aromatic heterocycles. The summed E-state index contributed by atoms with van der Waals surface area (Å²) in [6.45, 7) is 2.01. The Bertz CT molecular complexity index is 890. The topological polar surface area (TPSA) is 71.1 Å². The first-order valence-corrected chi connectivity index (χ1v) is 8.24. The molecule has 0 saturated heterocycles. The first-order valence-electron chi connectivity index (χ1n) is 8.24. The van der Waals surface area contributed by atoms with Crippen LogP contribution in [-0.4, -0.2) is 40.6 Å². The zero-order valence-electron chi connectivity index (χ0n) is 14.5. The fourth-order valence-electron chi connectivity index (χ4n) is 2.85. The van der Waals surface area contributed by atoms with E-state index < -0.39 is 0 Å². The molecule has 2 heterocycles. The highest BCUT2D eigenvalue weighted by Gasteiger charge is 2.08. The molecule has 0 aliphatic rings. The van der Waals surface area contributed by atoms with Crippen molar-refractivity contribution < 1.29 is 4.74 Å². The number of benzene rings is 1. The van der Waals surface area contributed by atoms with Crippen LogP contribution in [0.4, 0.5) is 0 Å². The first-order chi connectivity index (χ1) is 12.2. The molecule has 6 heteroatoms. The second-order valence-corrected chi connectivity index (χ2v) is 6.13. The Morgan fingerprint density at radius 2 is 1.92 bits per heavy atom. The summed E-state index contributed by atoms with van der Waals surface area (Å²) >= 11 is 0. The average Bonchev–Trinajstić information content (AvgIpc) is 2.61. The predicted molar refractivity (Wildman–Crippen MR) is 97.4 cm³/mol. The first kappa shape index (κ1) is 17.3. The number of H-pyrrole nitrogens is 1. The summed E-state index contributed by atoms with van der Waals surface area (Å²) in [5.74, 6) is 0.786. The van der Waals surface area contributed by atoms with E-state index in [4.69, 9.17) is 4.74 Å². The molecule has 0 amide bonds. The van der Waals surface area contributed by atoms with E-state index in [0.29, 0.717) is 26.1 Å². The van der Waals surface area contributed by atoms with Crippen molar-refractivity contribution in [2.75, 3.05) is 20.8 Å². The fraction of sp³-hybridized carbons (Fsp3) is 0.316. The Hall–Kier alpha value is -2.57. The van der Waals surface area contributed by atoms with Gasteiger partial charge in [0.25, 0.3) is 0 Å². The van der Waals surface area contributed by atoms with Crippen LogP contribution in [0.3, 0.4) is 0 Å². The van der Waals surface area contributed by atoms with Gasteiger partial charge in [-0.15, -0.1) is 0 Å². The van der Waals surface area contributed by atoms with E-state index in [1.165, 1.54) is 0 Å². The normalized spacial score (nSPS) is 11.3. The number of methoxy groups -OCH3 is 1. The quantitative estimate of drug-likeness (QED) is 0.715. The van der Waals surface area contributed by atoms with E-state index >= 15 is 0 Å². The molecule has 0 bridgehead atoms. The zero-order chi connectivity index (χ0) is 17.6. The molecule has 0 unspecified atom stereocenters. The summed E-state index contributed by atoms with van der Waals surface area (Å²) in [7, 11) is 3.69. The lowest BCUT2D eigenvalue weighted by Crippen LogP contribution is -2.19. The van der Waals surface area contributed by atoms with E-state index in [0.717, 1.165) is 27.9 Å². The maximum Gasteiger partial charge on any atom is 0.248 e. The number of ether oxygens (including phenoxy) is 1. The number of aromatic nitrogens is 3. The van der Waals surface area contributed by atoms with Gasteiger partial charge < -0.3 is 9.72 Å². The Morgan fingerprint density at radius 1 is 1.16 bits per heavy atom. The molecule has 0 aliphatic carbocycles. The van der Waals surface area contributed by atoms with Crippen LogP contribution >= 0.6 is 0 Å². The minimum Gasteiger partial charge on any atom is -0.384 e. The smallest absolute Gasteiger partial charge is 0.248 e. The molecule has 0 radical (unpaired) electrons. The fourth-order valence-corrected chi connectivity index (χ4v) is 2.85. The molecule has 0 aliphatic heterocycles. The zero-order valence-corrected chi connectivity index (χ0v) is 14.5. The SMILES string of the molecule is COCCc1ncc(CN(C)Cc2cc(=O)[nH]c3ccccc23)cn1. The molecular formula is C19H22N4O2. The molecule has 0 fully saturated rings. The van der Waals surface area contributed by atoms with Gasteiger partial charge in [-0.25, -0.2) is 9.97 Å². The number of pyridine rings is 1. The van der Waals surface area contributed by atoms with Gasteiger partial charge in [0, 0.05) is 61.5 Å². The van der Waals surface area contributed by atoms with Gasteiger partial charge in [-0.3, -0.25) is 9.69 Å². The Balaban J connectivity index is 1.70. The van der Waals surface area contributed by atoms with Crippen LogP contribution in [0.2, 0.25) is 0 Å². The van der Waals surface area contributed by atoms with Gasteiger partial charge in [0.2, 0.25) is 5.56 Å². The molecule has 3 rings (SSSR count). The second kappa shape index (κ2) is 8.00. The van der Waals surface area contributed by atoms with E-state index in [-0.39, 0.29) is 5.56 Å². The molecule has 130 valence electrons. The molecule has 25 heavy (non-hydrogen) atoms. The van der Waals surface area contributed by atoms with Gasteiger partial charge >= 0.3 is 0 Å². The molecule has 1 N–H and O–H groups in total. The van der Waals surface area contributed by atoms with Crippen LogP contribution < -0.4 is 5.56 Å². The van der Waals surface area contributed by atoms with Crippen LogP contribution in [-0.2, 0) is 24.2 Å². The molecule has 6 nitrogen and oxygen atoms in total. The molecule has 0 atom stereocenters. The minimum absolute atomic E-state index is 0.0760. The highest BCUT2D eigenvalue weighted by Crippen LogP contribution is 2.16. The van der Waals surface area contributed by atoms with Crippen molar-refractivity contribution in [1.82, 2.24) is 19.9 Å². The molecule has 1 aromatic carbocycles. The Kier molecular flexibility index (Phi) is 5.53. The Morgan fingerprint density at radius 3 is 2.68 bits per heavy atom. The van der Waals surface area contributed by atoms with E-state index in [9.17, 15) is 4.79 Å². The van der Waals surface area contributed by atoms with Crippen molar-refractivity contribution in [2.24, 2.45) is 0 Å². The highest BCUT2D eigenvalue weighted by molar-refractivity contribution is 5.81. The number of fused-ring (bicyclic) bond motifs is 1. The van der Waals surface area contributed by atoms with Gasteiger partial charge in [0.05, 0.1) is 6.61 Å². The number of nitrogens with zero attached hydrogens (tertiary/aromatic N) is 3. The highest BCUT2D eigenvalue weighted by atomic mass is 16.5. The van der Waals surface area contributed by atoms with Crippen molar-refractivity contribution in [1.29, 1.82) is 0 Å². The van der Waals surface area contributed by atoms with Crippen molar-refractivity contribution in [3.05, 3.63) is 70.0 Å². The van der Waals surface area contributed by atoms with Crippen LogP contribution in [0.1, 0.15) is 17.0 Å². The van der Waals surface area contributed by atoms with Crippen LogP contribution in [0.5, 0.6) is 0 Å². The number of rotatable bonds is 7. The molecule has 0 spiro atoms.